The summed E-state index contributed by atoms with van der Waals surface area (Å²) in [4.78, 5) is 34.8. The molecule has 1 aromatic heterocycles. The number of aromatic hydroxyl groups is 2. The molecule has 3 heterocycles. The first-order valence-electron chi connectivity index (χ1n) is 8.61. The minimum atomic E-state index is -0.676. The van der Waals surface area contributed by atoms with Crippen LogP contribution in [0.15, 0.2) is 12.1 Å². The number of piperidine rings is 1. The lowest BCUT2D eigenvalue weighted by molar-refractivity contribution is -0.134. The smallest absolute Gasteiger partial charge is 0.434 e. The SMILES string of the molecule is O=C(CN1CCCCC1)N1CCN(C(=O)On2c(O)ccc2O)CC1. The summed E-state index contributed by atoms with van der Waals surface area (Å²) in [5, 5.41) is 19.0. The third-order valence-electron chi connectivity index (χ3n) is 4.67. The Hall–Kier alpha value is -2.42. The van der Waals surface area contributed by atoms with Gasteiger partial charge in [0.05, 0.1) is 6.54 Å². The van der Waals surface area contributed by atoms with Crippen LogP contribution in [0.1, 0.15) is 19.3 Å². The van der Waals surface area contributed by atoms with Gasteiger partial charge in [-0.2, -0.15) is 0 Å². The standard InChI is InChI=1S/C16H24N4O5/c21-13-4-5-14(22)20(13)25-16(24)19-10-8-18(9-11-19)15(23)12-17-6-2-1-3-7-17/h4-5,21-22H,1-3,6-12H2. The first-order chi connectivity index (χ1) is 12.0. The number of likely N-dealkylation sites (tertiary alicyclic amines) is 1. The molecule has 138 valence electrons. The van der Waals surface area contributed by atoms with Crippen LogP contribution in [0.5, 0.6) is 11.8 Å². The van der Waals surface area contributed by atoms with Crippen molar-refractivity contribution in [2.45, 2.75) is 19.3 Å². The molecule has 25 heavy (non-hydrogen) atoms. The monoisotopic (exact) mass is 352 g/mol. The molecule has 2 aliphatic rings. The Balaban J connectivity index is 1.46. The predicted molar refractivity (Wildman–Crippen MR) is 88.2 cm³/mol. The molecule has 0 unspecified atom stereocenters. The Bertz CT molecular complexity index is 599. The van der Waals surface area contributed by atoms with Gasteiger partial charge in [-0.15, -0.1) is 4.73 Å². The Morgan fingerprint density at radius 1 is 0.880 bits per heavy atom. The van der Waals surface area contributed by atoms with Gasteiger partial charge in [-0.25, -0.2) is 4.79 Å². The molecule has 1 aromatic rings. The van der Waals surface area contributed by atoms with Crippen LogP contribution < -0.4 is 4.84 Å². The van der Waals surface area contributed by atoms with E-state index in [0.29, 0.717) is 37.5 Å². The highest BCUT2D eigenvalue weighted by atomic mass is 16.7. The van der Waals surface area contributed by atoms with Crippen LogP contribution in [0.25, 0.3) is 0 Å². The van der Waals surface area contributed by atoms with Gasteiger partial charge < -0.3 is 24.9 Å². The van der Waals surface area contributed by atoms with Gasteiger partial charge in [0.2, 0.25) is 17.7 Å². The molecule has 0 saturated carbocycles. The maximum atomic E-state index is 12.4. The minimum Gasteiger partial charge on any atom is -0.492 e. The van der Waals surface area contributed by atoms with E-state index in [0.717, 1.165) is 25.9 Å². The molecule has 0 bridgehead atoms. The summed E-state index contributed by atoms with van der Waals surface area (Å²) < 4.78 is 0.663. The number of rotatable bonds is 3. The van der Waals surface area contributed by atoms with Crippen LogP contribution in [-0.4, -0.2) is 87.5 Å². The lowest BCUT2D eigenvalue weighted by Crippen LogP contribution is -2.54. The second-order valence-corrected chi connectivity index (χ2v) is 6.41. The molecule has 2 N–H and O–H groups in total. The predicted octanol–water partition coefficient (Wildman–Crippen LogP) is 0.0780. The summed E-state index contributed by atoms with van der Waals surface area (Å²) >= 11 is 0. The zero-order chi connectivity index (χ0) is 17.8. The fourth-order valence-electron chi connectivity index (χ4n) is 3.18. The van der Waals surface area contributed by atoms with E-state index in [2.05, 4.69) is 4.90 Å². The summed E-state index contributed by atoms with van der Waals surface area (Å²) in [7, 11) is 0. The van der Waals surface area contributed by atoms with Crippen molar-refractivity contribution in [1.82, 2.24) is 19.4 Å². The summed E-state index contributed by atoms with van der Waals surface area (Å²) in [6.07, 6.45) is 2.85. The lowest BCUT2D eigenvalue weighted by Gasteiger charge is -2.35. The molecule has 0 atom stereocenters. The van der Waals surface area contributed by atoms with Crippen molar-refractivity contribution >= 4 is 12.0 Å². The highest BCUT2D eigenvalue weighted by molar-refractivity contribution is 5.78. The molecule has 3 rings (SSSR count). The summed E-state index contributed by atoms with van der Waals surface area (Å²) in [5.74, 6) is -0.627. The Morgan fingerprint density at radius 3 is 2.04 bits per heavy atom. The van der Waals surface area contributed by atoms with E-state index in [-0.39, 0.29) is 17.7 Å². The quantitative estimate of drug-likeness (QED) is 0.799. The molecule has 2 amide bonds. The van der Waals surface area contributed by atoms with Crippen molar-refractivity contribution in [2.75, 3.05) is 45.8 Å². The van der Waals surface area contributed by atoms with Crippen molar-refractivity contribution < 1.29 is 24.6 Å². The van der Waals surface area contributed by atoms with Gasteiger partial charge in [-0.05, 0) is 25.9 Å². The average molecular weight is 352 g/mol. The molecule has 2 saturated heterocycles. The van der Waals surface area contributed by atoms with Crippen LogP contribution in [0, 0.1) is 0 Å². The van der Waals surface area contributed by atoms with Gasteiger partial charge in [-0.1, -0.05) is 6.42 Å². The Kier molecular flexibility index (Phi) is 5.32. The molecule has 0 spiro atoms. The van der Waals surface area contributed by atoms with Crippen molar-refractivity contribution in [2.24, 2.45) is 0 Å². The normalized spacial score (nSPS) is 19.0. The molecule has 2 fully saturated rings. The first kappa shape index (κ1) is 17.4. The van der Waals surface area contributed by atoms with Crippen molar-refractivity contribution in [1.29, 1.82) is 0 Å². The number of nitrogens with zero attached hydrogens (tertiary/aromatic N) is 4. The second-order valence-electron chi connectivity index (χ2n) is 6.41. The molecule has 0 radical (unpaired) electrons. The number of carbonyl (C=O) groups is 2. The first-order valence-corrected chi connectivity index (χ1v) is 8.61. The maximum Gasteiger partial charge on any atom is 0.434 e. The van der Waals surface area contributed by atoms with Crippen LogP contribution >= 0.6 is 0 Å². The van der Waals surface area contributed by atoms with Crippen molar-refractivity contribution in [3.8, 4) is 11.8 Å². The van der Waals surface area contributed by atoms with Gasteiger partial charge in [0, 0.05) is 38.3 Å². The highest BCUT2D eigenvalue weighted by Crippen LogP contribution is 2.19. The molecule has 0 aromatic carbocycles. The third-order valence-corrected chi connectivity index (χ3v) is 4.67. The third kappa shape index (κ3) is 4.16. The Morgan fingerprint density at radius 2 is 1.44 bits per heavy atom. The van der Waals surface area contributed by atoms with Gasteiger partial charge >= 0.3 is 6.09 Å². The zero-order valence-corrected chi connectivity index (χ0v) is 14.1. The van der Waals surface area contributed by atoms with E-state index in [1.165, 1.54) is 23.5 Å². The fourth-order valence-corrected chi connectivity index (χ4v) is 3.18. The van der Waals surface area contributed by atoms with E-state index in [1.807, 2.05) is 0 Å². The number of hydrogen-bond acceptors (Lipinski definition) is 6. The van der Waals surface area contributed by atoms with E-state index >= 15 is 0 Å². The number of carbonyl (C=O) groups excluding carboxylic acids is 2. The van der Waals surface area contributed by atoms with E-state index in [9.17, 15) is 19.8 Å². The zero-order valence-electron chi connectivity index (χ0n) is 14.1. The van der Waals surface area contributed by atoms with Crippen LogP contribution in [0.3, 0.4) is 0 Å². The van der Waals surface area contributed by atoms with E-state index in [1.54, 1.807) is 4.90 Å². The number of aromatic nitrogens is 1. The molecule has 0 aliphatic carbocycles. The van der Waals surface area contributed by atoms with Gasteiger partial charge in [-0.3, -0.25) is 9.69 Å². The molecule has 9 heteroatoms. The number of piperazine rings is 1. The number of amides is 2. The summed E-state index contributed by atoms with van der Waals surface area (Å²) in [6.45, 7) is 4.00. The molecular formula is C16H24N4O5. The highest BCUT2D eigenvalue weighted by Gasteiger charge is 2.27. The second kappa shape index (κ2) is 7.64. The summed E-state index contributed by atoms with van der Waals surface area (Å²) in [6, 6.07) is 2.44. The van der Waals surface area contributed by atoms with Crippen LogP contribution in [-0.2, 0) is 4.79 Å². The fraction of sp³-hybridized carbons (Fsp3) is 0.625. The largest absolute Gasteiger partial charge is 0.492 e. The van der Waals surface area contributed by atoms with Crippen molar-refractivity contribution in [3.63, 3.8) is 0 Å². The lowest BCUT2D eigenvalue weighted by atomic mass is 10.1. The Labute approximate surface area is 145 Å². The molecule has 2 aliphatic heterocycles. The average Bonchev–Trinajstić information content (AvgIpc) is 2.94. The van der Waals surface area contributed by atoms with Crippen LogP contribution in [0.2, 0.25) is 0 Å². The molecule has 9 nitrogen and oxygen atoms in total. The minimum absolute atomic E-state index is 0.0932. The van der Waals surface area contributed by atoms with Crippen LogP contribution in [0.4, 0.5) is 4.79 Å². The number of hydrogen-bond donors (Lipinski definition) is 2. The van der Waals surface area contributed by atoms with E-state index in [4.69, 9.17) is 4.84 Å². The van der Waals surface area contributed by atoms with E-state index < -0.39 is 6.09 Å². The topological polar surface area (TPSA) is 98.5 Å². The van der Waals surface area contributed by atoms with Gasteiger partial charge in [0.1, 0.15) is 0 Å². The van der Waals surface area contributed by atoms with Gasteiger partial charge in [0.25, 0.3) is 0 Å². The van der Waals surface area contributed by atoms with Gasteiger partial charge in [0.15, 0.2) is 0 Å². The molecular weight excluding hydrogens is 328 g/mol. The maximum absolute atomic E-state index is 12.4. The summed E-state index contributed by atoms with van der Waals surface area (Å²) in [5.41, 5.74) is 0. The van der Waals surface area contributed by atoms with Crippen molar-refractivity contribution in [3.05, 3.63) is 12.1 Å².